The van der Waals surface area contributed by atoms with Crippen LogP contribution in [-0.2, 0) is 4.79 Å². The maximum absolute atomic E-state index is 12.9. The summed E-state index contributed by atoms with van der Waals surface area (Å²) in [5.41, 5.74) is 0.973. The summed E-state index contributed by atoms with van der Waals surface area (Å²) in [5, 5.41) is 13.9. The molecule has 136 valence electrons. The predicted molar refractivity (Wildman–Crippen MR) is 99.6 cm³/mol. The highest BCUT2D eigenvalue weighted by molar-refractivity contribution is 7.12. The van der Waals surface area contributed by atoms with E-state index < -0.39 is 11.9 Å². The molecule has 2 atom stereocenters. The van der Waals surface area contributed by atoms with E-state index in [0.717, 1.165) is 0 Å². The number of anilines is 1. The lowest BCUT2D eigenvalue weighted by molar-refractivity contribution is -0.144. The summed E-state index contributed by atoms with van der Waals surface area (Å²) in [6, 6.07) is 9.92. The Morgan fingerprint density at radius 1 is 1.23 bits per heavy atom. The fourth-order valence-electron chi connectivity index (χ4n) is 3.26. The van der Waals surface area contributed by atoms with Crippen LogP contribution >= 0.6 is 11.3 Å². The van der Waals surface area contributed by atoms with Crippen LogP contribution in [0, 0.1) is 5.92 Å². The molecule has 0 aliphatic carbocycles. The number of rotatable bonds is 4. The third kappa shape index (κ3) is 3.77. The van der Waals surface area contributed by atoms with Gasteiger partial charge in [-0.1, -0.05) is 12.1 Å². The lowest BCUT2D eigenvalue weighted by atomic mass is 9.90. The van der Waals surface area contributed by atoms with Gasteiger partial charge in [-0.05, 0) is 49.4 Å². The van der Waals surface area contributed by atoms with E-state index >= 15 is 0 Å². The zero-order valence-electron chi connectivity index (χ0n) is 14.3. The van der Waals surface area contributed by atoms with Crippen molar-refractivity contribution in [3.05, 3.63) is 52.2 Å². The van der Waals surface area contributed by atoms with Crippen molar-refractivity contribution in [3.8, 4) is 0 Å². The number of nitrogens with one attached hydrogen (secondary N) is 1. The van der Waals surface area contributed by atoms with Gasteiger partial charge in [0.05, 0.1) is 10.8 Å². The Morgan fingerprint density at radius 3 is 2.73 bits per heavy atom. The van der Waals surface area contributed by atoms with Gasteiger partial charge < -0.3 is 15.3 Å². The molecule has 2 heterocycles. The molecule has 1 aliphatic rings. The molecule has 1 aromatic heterocycles. The molecule has 0 spiro atoms. The van der Waals surface area contributed by atoms with Gasteiger partial charge in [-0.15, -0.1) is 11.3 Å². The molecular formula is C19H20N2O4S. The fourth-order valence-corrected chi connectivity index (χ4v) is 3.88. The van der Waals surface area contributed by atoms with Gasteiger partial charge in [0.15, 0.2) is 0 Å². The van der Waals surface area contributed by atoms with Gasteiger partial charge in [0.25, 0.3) is 11.8 Å². The van der Waals surface area contributed by atoms with Gasteiger partial charge in [0.1, 0.15) is 0 Å². The Balaban J connectivity index is 1.76. The number of carbonyl (C=O) groups excluding carboxylic acids is 2. The van der Waals surface area contributed by atoms with Crippen LogP contribution in [0.2, 0.25) is 0 Å². The monoisotopic (exact) mass is 372 g/mol. The molecule has 2 N–H and O–H groups in total. The van der Waals surface area contributed by atoms with E-state index in [1.807, 2.05) is 5.38 Å². The summed E-state index contributed by atoms with van der Waals surface area (Å²) in [6.45, 7) is 2.31. The van der Waals surface area contributed by atoms with Crippen molar-refractivity contribution in [2.24, 2.45) is 5.92 Å². The average molecular weight is 372 g/mol. The zero-order valence-corrected chi connectivity index (χ0v) is 15.2. The predicted octanol–water partition coefficient (Wildman–Crippen LogP) is 3.33. The first kappa shape index (κ1) is 18.1. The van der Waals surface area contributed by atoms with E-state index in [1.54, 1.807) is 48.2 Å². The highest BCUT2D eigenvalue weighted by atomic mass is 32.1. The molecule has 2 aromatic rings. The van der Waals surface area contributed by atoms with E-state index in [2.05, 4.69) is 5.32 Å². The van der Waals surface area contributed by atoms with E-state index in [1.165, 1.54) is 11.3 Å². The Hall–Kier alpha value is -2.67. The molecule has 3 rings (SSSR count). The molecule has 6 nitrogen and oxygen atoms in total. The second-order valence-electron chi connectivity index (χ2n) is 6.34. The van der Waals surface area contributed by atoms with Crippen LogP contribution in [-0.4, -0.2) is 40.4 Å². The second-order valence-corrected chi connectivity index (χ2v) is 7.29. The molecule has 26 heavy (non-hydrogen) atoms. The van der Waals surface area contributed by atoms with Crippen LogP contribution in [0.3, 0.4) is 0 Å². The van der Waals surface area contributed by atoms with Crippen molar-refractivity contribution in [3.63, 3.8) is 0 Å². The number of piperidine rings is 1. The summed E-state index contributed by atoms with van der Waals surface area (Å²) in [4.78, 5) is 38.6. The van der Waals surface area contributed by atoms with Gasteiger partial charge in [-0.2, -0.15) is 0 Å². The molecule has 0 saturated carbocycles. The fraction of sp³-hybridized carbons (Fsp3) is 0.316. The van der Waals surface area contributed by atoms with Crippen molar-refractivity contribution in [2.45, 2.75) is 25.8 Å². The van der Waals surface area contributed by atoms with Crippen LogP contribution in [0.25, 0.3) is 0 Å². The Kier molecular flexibility index (Phi) is 5.37. The van der Waals surface area contributed by atoms with Gasteiger partial charge in [0.2, 0.25) is 0 Å². The molecule has 7 heteroatoms. The third-order valence-electron chi connectivity index (χ3n) is 4.68. The average Bonchev–Trinajstić information content (AvgIpc) is 3.16. The number of carbonyl (C=O) groups is 3. The third-order valence-corrected chi connectivity index (χ3v) is 5.55. The SMILES string of the molecule is C[C@@H]1[C@H](C(=O)O)CCCN1C(=O)c1cccc(NC(=O)c2cccs2)c1. The Labute approximate surface area is 155 Å². The normalized spacial score (nSPS) is 19.8. The van der Waals surface area contributed by atoms with E-state index in [9.17, 15) is 19.5 Å². The summed E-state index contributed by atoms with van der Waals surface area (Å²) >= 11 is 1.34. The number of likely N-dealkylation sites (tertiary alicyclic amines) is 1. The van der Waals surface area contributed by atoms with Crippen molar-refractivity contribution < 1.29 is 19.5 Å². The van der Waals surface area contributed by atoms with Crippen molar-refractivity contribution in [1.29, 1.82) is 0 Å². The number of carboxylic acid groups (broad SMARTS) is 1. The summed E-state index contributed by atoms with van der Waals surface area (Å²) in [5.74, 6) is -1.85. The lowest BCUT2D eigenvalue weighted by Crippen LogP contribution is -2.49. The topological polar surface area (TPSA) is 86.7 Å². The molecule has 1 aromatic carbocycles. The first-order valence-corrected chi connectivity index (χ1v) is 9.34. The van der Waals surface area contributed by atoms with Crippen molar-refractivity contribution >= 4 is 34.8 Å². The number of hydrogen-bond donors (Lipinski definition) is 2. The first-order chi connectivity index (χ1) is 12.5. The van der Waals surface area contributed by atoms with Crippen LogP contribution in [0.1, 0.15) is 39.8 Å². The van der Waals surface area contributed by atoms with Crippen molar-refractivity contribution in [2.75, 3.05) is 11.9 Å². The summed E-state index contributed by atoms with van der Waals surface area (Å²) in [7, 11) is 0. The molecule has 1 saturated heterocycles. The largest absolute Gasteiger partial charge is 0.481 e. The smallest absolute Gasteiger partial charge is 0.308 e. The Bertz CT molecular complexity index is 819. The molecule has 0 radical (unpaired) electrons. The van der Waals surface area contributed by atoms with Crippen LogP contribution in [0.5, 0.6) is 0 Å². The van der Waals surface area contributed by atoms with E-state index in [0.29, 0.717) is 35.5 Å². The van der Waals surface area contributed by atoms with Crippen LogP contribution < -0.4 is 5.32 Å². The van der Waals surface area contributed by atoms with Gasteiger partial charge in [0, 0.05) is 23.8 Å². The minimum absolute atomic E-state index is 0.212. The van der Waals surface area contributed by atoms with E-state index in [-0.39, 0.29) is 17.9 Å². The highest BCUT2D eigenvalue weighted by Crippen LogP contribution is 2.26. The summed E-state index contributed by atoms with van der Waals surface area (Å²) in [6.07, 6.45) is 1.25. The van der Waals surface area contributed by atoms with Crippen LogP contribution in [0.15, 0.2) is 41.8 Å². The quantitative estimate of drug-likeness (QED) is 0.862. The van der Waals surface area contributed by atoms with Gasteiger partial charge in [-0.3, -0.25) is 14.4 Å². The van der Waals surface area contributed by atoms with E-state index in [4.69, 9.17) is 0 Å². The van der Waals surface area contributed by atoms with Crippen LogP contribution in [0.4, 0.5) is 5.69 Å². The minimum Gasteiger partial charge on any atom is -0.481 e. The van der Waals surface area contributed by atoms with Gasteiger partial charge in [-0.25, -0.2) is 0 Å². The molecule has 1 aliphatic heterocycles. The Morgan fingerprint density at radius 2 is 2.04 bits per heavy atom. The zero-order chi connectivity index (χ0) is 18.7. The summed E-state index contributed by atoms with van der Waals surface area (Å²) < 4.78 is 0. The molecule has 2 amide bonds. The number of benzene rings is 1. The first-order valence-electron chi connectivity index (χ1n) is 8.46. The minimum atomic E-state index is -0.869. The molecular weight excluding hydrogens is 352 g/mol. The number of amides is 2. The number of nitrogens with zero attached hydrogens (tertiary/aromatic N) is 1. The molecule has 0 bridgehead atoms. The number of thiophene rings is 1. The van der Waals surface area contributed by atoms with Crippen molar-refractivity contribution in [1.82, 2.24) is 4.90 Å². The second kappa shape index (κ2) is 7.70. The number of hydrogen-bond acceptors (Lipinski definition) is 4. The molecule has 0 unspecified atom stereocenters. The highest BCUT2D eigenvalue weighted by Gasteiger charge is 2.35. The maximum atomic E-state index is 12.9. The van der Waals surface area contributed by atoms with Gasteiger partial charge >= 0.3 is 5.97 Å². The standard InChI is InChI=1S/C19H20N2O4S/c1-12-15(19(24)25)7-3-9-21(12)18(23)13-5-2-6-14(11-13)20-17(22)16-8-4-10-26-16/h2,4-6,8,10-12,15H,3,7,9H2,1H3,(H,20,22)(H,24,25)/t12-,15-/m1/s1. The lowest BCUT2D eigenvalue weighted by Gasteiger charge is -2.37. The molecule has 1 fully saturated rings. The number of carboxylic acids is 1. The maximum Gasteiger partial charge on any atom is 0.308 e. The number of aliphatic carboxylic acids is 1.